The third-order valence-electron chi connectivity index (χ3n) is 3.71. The highest BCUT2D eigenvalue weighted by Crippen LogP contribution is 2.37. The molecule has 3 aromatic rings. The van der Waals surface area contributed by atoms with Gasteiger partial charge in [0.25, 0.3) is 5.62 Å². The van der Waals surface area contributed by atoms with Crippen LogP contribution in [0.25, 0.3) is 5.65 Å². The molecule has 0 amide bonds. The molecule has 0 fully saturated rings. The standard InChI is InChI=1S/C16H9Cl5N6/c1-7-2-4-8(5-3-7)22-14-24-12-10(18)6-9(17)11-23-13(16(19,20)21)25-15(26-14)27(11)12/h2-6H,1H3,(H,22,23,24,25,26). The van der Waals surface area contributed by atoms with Crippen molar-refractivity contribution in [2.24, 2.45) is 9.98 Å². The molecular weight excluding hydrogens is 453 g/mol. The Morgan fingerprint density at radius 1 is 1.04 bits per heavy atom. The Balaban J connectivity index is 2.02. The van der Waals surface area contributed by atoms with Gasteiger partial charge in [-0.25, -0.2) is 9.39 Å². The maximum atomic E-state index is 6.32. The molecule has 1 aliphatic rings. The van der Waals surface area contributed by atoms with E-state index in [-0.39, 0.29) is 17.4 Å². The van der Waals surface area contributed by atoms with E-state index in [9.17, 15) is 0 Å². The number of rotatable bonds is 1. The van der Waals surface area contributed by atoms with Crippen molar-refractivity contribution in [3.8, 4) is 0 Å². The molecular formula is C16H9Cl5N6. The molecule has 11 heteroatoms. The number of hydrogen-bond acceptors (Lipinski definition) is 5. The van der Waals surface area contributed by atoms with Crippen molar-refractivity contribution < 1.29 is 0 Å². The highest BCUT2D eigenvalue weighted by atomic mass is 35.6. The van der Waals surface area contributed by atoms with E-state index in [2.05, 4.69) is 25.3 Å². The lowest BCUT2D eigenvalue weighted by molar-refractivity contribution is 0.920. The zero-order valence-electron chi connectivity index (χ0n) is 13.5. The average Bonchev–Trinajstić information content (AvgIpc) is 2.60. The lowest BCUT2D eigenvalue weighted by atomic mass is 10.2. The molecule has 3 heterocycles. The van der Waals surface area contributed by atoms with Crippen molar-refractivity contribution in [2.45, 2.75) is 10.7 Å². The van der Waals surface area contributed by atoms with Gasteiger partial charge in [0, 0.05) is 0 Å². The van der Waals surface area contributed by atoms with Crippen LogP contribution in [-0.4, -0.2) is 24.0 Å². The van der Waals surface area contributed by atoms with Crippen molar-refractivity contribution in [1.82, 2.24) is 14.4 Å². The number of hydrogen-bond donors (Lipinski definition) is 1. The third kappa shape index (κ3) is 3.60. The molecule has 2 aromatic heterocycles. The van der Waals surface area contributed by atoms with Crippen molar-refractivity contribution in [3.63, 3.8) is 0 Å². The fraction of sp³-hybridized carbons (Fsp3) is 0.125. The molecule has 138 valence electrons. The summed E-state index contributed by atoms with van der Waals surface area (Å²) >= 11 is 30.5. The number of halogens is 5. The molecule has 0 unspecified atom stereocenters. The molecule has 0 radical (unpaired) electrons. The molecule has 0 saturated heterocycles. The normalized spacial score (nSPS) is 14.3. The molecule has 6 nitrogen and oxygen atoms in total. The zero-order valence-corrected chi connectivity index (χ0v) is 17.3. The number of amidine groups is 1. The van der Waals surface area contributed by atoms with Crippen LogP contribution in [0.5, 0.6) is 0 Å². The largest absolute Gasteiger partial charge is 0.324 e. The average molecular weight is 463 g/mol. The summed E-state index contributed by atoms with van der Waals surface area (Å²) in [6.45, 7) is 1.99. The SMILES string of the molecule is Cc1ccc(N=c2nc3n4c(c(Cl)cc(Cl)c4n2)NC(C(Cl)(Cl)Cl)=N3)cc1. The fourth-order valence-corrected chi connectivity index (χ4v) is 3.27. The van der Waals surface area contributed by atoms with E-state index >= 15 is 0 Å². The van der Waals surface area contributed by atoms with Crippen LogP contribution in [0.3, 0.4) is 0 Å². The van der Waals surface area contributed by atoms with Crippen LogP contribution in [-0.2, 0) is 0 Å². The van der Waals surface area contributed by atoms with Gasteiger partial charge in [0.1, 0.15) is 5.82 Å². The summed E-state index contributed by atoms with van der Waals surface area (Å²) < 4.78 is -0.258. The number of pyridine rings is 1. The summed E-state index contributed by atoms with van der Waals surface area (Å²) in [6.07, 6.45) is 0. The summed E-state index contributed by atoms with van der Waals surface area (Å²) in [6, 6.07) is 9.12. The Labute approximate surface area is 178 Å². The number of aromatic nitrogens is 3. The van der Waals surface area contributed by atoms with Crippen molar-refractivity contribution in [1.29, 1.82) is 0 Å². The van der Waals surface area contributed by atoms with E-state index in [1.165, 1.54) is 6.07 Å². The van der Waals surface area contributed by atoms with Crippen LogP contribution >= 0.6 is 58.0 Å². The van der Waals surface area contributed by atoms with Gasteiger partial charge in [0.2, 0.25) is 9.74 Å². The zero-order chi connectivity index (χ0) is 19.3. The minimum Gasteiger partial charge on any atom is -0.324 e. The fourth-order valence-electron chi connectivity index (χ4n) is 2.47. The number of alkyl halides is 3. The first-order valence-electron chi connectivity index (χ1n) is 7.55. The highest BCUT2D eigenvalue weighted by molar-refractivity contribution is 6.77. The van der Waals surface area contributed by atoms with Crippen LogP contribution in [0.4, 0.5) is 17.5 Å². The quantitative estimate of drug-likeness (QED) is 0.492. The van der Waals surface area contributed by atoms with Gasteiger partial charge in [0.05, 0.1) is 15.7 Å². The van der Waals surface area contributed by atoms with Crippen LogP contribution in [0.15, 0.2) is 40.3 Å². The predicted molar refractivity (Wildman–Crippen MR) is 110 cm³/mol. The van der Waals surface area contributed by atoms with Crippen molar-refractivity contribution in [3.05, 3.63) is 51.6 Å². The van der Waals surface area contributed by atoms with E-state index in [1.54, 1.807) is 4.40 Å². The molecule has 4 rings (SSSR count). The second kappa shape index (κ2) is 6.79. The molecule has 1 aromatic carbocycles. The molecule has 1 aliphatic heterocycles. The van der Waals surface area contributed by atoms with Crippen LogP contribution < -0.4 is 10.9 Å². The van der Waals surface area contributed by atoms with Crippen LogP contribution in [0, 0.1) is 6.92 Å². The lowest BCUT2D eigenvalue weighted by Gasteiger charge is -2.24. The van der Waals surface area contributed by atoms with E-state index in [0.717, 1.165) is 5.56 Å². The van der Waals surface area contributed by atoms with Gasteiger partial charge in [0.15, 0.2) is 11.5 Å². The molecule has 0 saturated carbocycles. The first kappa shape index (κ1) is 18.8. The number of aryl methyl sites for hydroxylation is 1. The first-order chi connectivity index (χ1) is 12.7. The van der Waals surface area contributed by atoms with Gasteiger partial charge in [-0.2, -0.15) is 15.0 Å². The van der Waals surface area contributed by atoms with E-state index in [1.807, 2.05) is 31.2 Å². The number of nitrogens with zero attached hydrogens (tertiary/aromatic N) is 5. The van der Waals surface area contributed by atoms with Crippen LogP contribution in [0.1, 0.15) is 5.56 Å². The molecule has 27 heavy (non-hydrogen) atoms. The summed E-state index contributed by atoms with van der Waals surface area (Å²) in [5.74, 6) is 0.632. The predicted octanol–water partition coefficient (Wildman–Crippen LogP) is 5.40. The minimum absolute atomic E-state index is 0.0537. The van der Waals surface area contributed by atoms with Gasteiger partial charge in [-0.15, -0.1) is 0 Å². The van der Waals surface area contributed by atoms with Crippen molar-refractivity contribution in [2.75, 3.05) is 5.32 Å². The highest BCUT2D eigenvalue weighted by Gasteiger charge is 2.33. The number of anilines is 1. The van der Waals surface area contributed by atoms with Gasteiger partial charge in [-0.1, -0.05) is 75.7 Å². The summed E-state index contributed by atoms with van der Waals surface area (Å²) in [7, 11) is 0. The van der Waals surface area contributed by atoms with Crippen molar-refractivity contribution >= 4 is 86.9 Å². The van der Waals surface area contributed by atoms with E-state index in [0.29, 0.717) is 27.2 Å². The maximum Gasteiger partial charge on any atom is 0.255 e. The molecule has 1 N–H and O–H groups in total. The number of benzene rings is 1. The first-order valence-corrected chi connectivity index (χ1v) is 9.44. The Kier molecular flexibility index (Phi) is 4.72. The van der Waals surface area contributed by atoms with Gasteiger partial charge in [-0.05, 0) is 25.1 Å². The Morgan fingerprint density at radius 3 is 2.41 bits per heavy atom. The monoisotopic (exact) mass is 460 g/mol. The number of aliphatic imine (C=N–C) groups is 1. The van der Waals surface area contributed by atoms with Gasteiger partial charge < -0.3 is 5.32 Å². The second-order valence-electron chi connectivity index (χ2n) is 5.70. The molecule has 0 aliphatic carbocycles. The molecule has 0 spiro atoms. The summed E-state index contributed by atoms with van der Waals surface area (Å²) in [5, 5.41) is 3.49. The smallest absolute Gasteiger partial charge is 0.255 e. The second-order valence-corrected chi connectivity index (χ2v) is 8.80. The van der Waals surface area contributed by atoms with Gasteiger partial charge >= 0.3 is 0 Å². The van der Waals surface area contributed by atoms with Crippen LogP contribution in [0.2, 0.25) is 10.0 Å². The Hall–Kier alpha value is -1.57. The summed E-state index contributed by atoms with van der Waals surface area (Å²) in [5.41, 5.74) is 2.33. The Morgan fingerprint density at radius 2 is 1.74 bits per heavy atom. The summed E-state index contributed by atoms with van der Waals surface area (Å²) in [4.78, 5) is 17.5. The Bertz CT molecular complexity index is 1160. The number of nitrogens with one attached hydrogen (secondary N) is 1. The topological polar surface area (TPSA) is 66.9 Å². The lowest BCUT2D eigenvalue weighted by Crippen LogP contribution is -2.32. The van der Waals surface area contributed by atoms with E-state index in [4.69, 9.17) is 58.0 Å². The molecule has 0 atom stereocenters. The van der Waals surface area contributed by atoms with E-state index < -0.39 is 3.79 Å². The maximum absolute atomic E-state index is 6.32. The minimum atomic E-state index is -1.80. The van der Waals surface area contributed by atoms with Gasteiger partial charge in [-0.3, -0.25) is 0 Å². The molecule has 0 bridgehead atoms. The third-order valence-corrected chi connectivity index (χ3v) is 4.82.